The molecule has 2 aromatic rings. The van der Waals surface area contributed by atoms with Crippen LogP contribution in [0, 0.1) is 0 Å². The van der Waals surface area contributed by atoms with E-state index in [0.29, 0.717) is 11.5 Å². The molecule has 6 nitrogen and oxygen atoms in total. The van der Waals surface area contributed by atoms with Crippen molar-refractivity contribution in [3.05, 3.63) is 33.5 Å². The standard InChI is InChI=1S/C9H12BrN3.C6H8BrN3/c1-9(2)12-7-4-6(10)5-11-8(7)13(9)3;1-9-6-5(8)2-4(7)3-10-6/h4-5,12H,1-3H3;2-3H,8H2,1H3,(H,9,10). The maximum absolute atomic E-state index is 5.58. The van der Waals surface area contributed by atoms with Crippen LogP contribution in [0.5, 0.6) is 0 Å². The Labute approximate surface area is 153 Å². The van der Waals surface area contributed by atoms with Crippen molar-refractivity contribution >= 4 is 54.9 Å². The topological polar surface area (TPSA) is 79.1 Å². The van der Waals surface area contributed by atoms with Gasteiger partial charge in [0, 0.05) is 35.4 Å². The second-order valence-corrected chi connectivity index (χ2v) is 7.44. The second kappa shape index (κ2) is 6.92. The summed E-state index contributed by atoms with van der Waals surface area (Å²) < 4.78 is 1.90. The van der Waals surface area contributed by atoms with Crippen molar-refractivity contribution in [2.24, 2.45) is 0 Å². The average Bonchev–Trinajstić information content (AvgIpc) is 2.69. The summed E-state index contributed by atoms with van der Waals surface area (Å²) in [6, 6.07) is 3.85. The van der Waals surface area contributed by atoms with Crippen LogP contribution in [0.4, 0.5) is 23.0 Å². The van der Waals surface area contributed by atoms with Crippen LogP contribution in [0.1, 0.15) is 13.8 Å². The molecule has 0 bridgehead atoms. The molecule has 3 rings (SSSR count). The van der Waals surface area contributed by atoms with Crippen molar-refractivity contribution in [3.8, 4) is 0 Å². The SMILES string of the molecule is CN1c2ncc(Br)cc2NC1(C)C.CNc1ncc(Br)cc1N. The zero-order valence-corrected chi connectivity index (χ0v) is 16.7. The van der Waals surface area contributed by atoms with Gasteiger partial charge in [-0.15, -0.1) is 0 Å². The van der Waals surface area contributed by atoms with E-state index in [2.05, 4.69) is 71.2 Å². The Morgan fingerprint density at radius 3 is 2.39 bits per heavy atom. The molecule has 0 atom stereocenters. The van der Waals surface area contributed by atoms with Crippen LogP contribution in [0.3, 0.4) is 0 Å². The van der Waals surface area contributed by atoms with E-state index in [-0.39, 0.29) is 5.66 Å². The summed E-state index contributed by atoms with van der Waals surface area (Å²) in [6.45, 7) is 4.26. The first-order valence-corrected chi connectivity index (χ1v) is 8.59. The molecule has 124 valence electrons. The van der Waals surface area contributed by atoms with Gasteiger partial charge in [0.05, 0.1) is 11.4 Å². The maximum atomic E-state index is 5.58. The normalized spacial score (nSPS) is 14.4. The highest BCUT2D eigenvalue weighted by Gasteiger charge is 2.33. The molecule has 1 aliphatic rings. The maximum Gasteiger partial charge on any atom is 0.153 e. The first kappa shape index (κ1) is 17.8. The minimum absolute atomic E-state index is 0.0455. The molecule has 8 heteroatoms. The predicted molar refractivity (Wildman–Crippen MR) is 104 cm³/mol. The van der Waals surface area contributed by atoms with Crippen LogP contribution in [-0.4, -0.2) is 29.7 Å². The van der Waals surface area contributed by atoms with E-state index < -0.39 is 0 Å². The van der Waals surface area contributed by atoms with Crippen LogP contribution >= 0.6 is 31.9 Å². The Kier molecular flexibility index (Phi) is 5.36. The number of anilines is 4. The predicted octanol–water partition coefficient (Wildman–Crippen LogP) is 3.91. The molecule has 3 heterocycles. The van der Waals surface area contributed by atoms with E-state index in [9.17, 15) is 0 Å². The van der Waals surface area contributed by atoms with Gasteiger partial charge in [-0.25, -0.2) is 9.97 Å². The number of nitrogen functional groups attached to an aromatic ring is 1. The third-order valence-electron chi connectivity index (χ3n) is 3.55. The van der Waals surface area contributed by atoms with Gasteiger partial charge in [0.15, 0.2) is 5.82 Å². The number of hydrogen-bond acceptors (Lipinski definition) is 6. The monoisotopic (exact) mass is 442 g/mol. The van der Waals surface area contributed by atoms with Gasteiger partial charge in [-0.3, -0.25) is 0 Å². The summed E-state index contributed by atoms with van der Waals surface area (Å²) in [4.78, 5) is 10.5. The number of nitrogens with zero attached hydrogens (tertiary/aromatic N) is 3. The minimum atomic E-state index is -0.0455. The average molecular weight is 444 g/mol. The third kappa shape index (κ3) is 4.06. The Balaban J connectivity index is 0.000000174. The number of hydrogen-bond donors (Lipinski definition) is 3. The number of nitrogens with one attached hydrogen (secondary N) is 2. The summed E-state index contributed by atoms with van der Waals surface area (Å²) in [6.07, 6.45) is 3.51. The lowest BCUT2D eigenvalue weighted by atomic mass is 10.2. The summed E-state index contributed by atoms with van der Waals surface area (Å²) in [5.74, 6) is 1.72. The van der Waals surface area contributed by atoms with Crippen molar-refractivity contribution in [1.29, 1.82) is 0 Å². The lowest BCUT2D eigenvalue weighted by molar-refractivity contribution is 0.576. The van der Waals surface area contributed by atoms with Crippen molar-refractivity contribution < 1.29 is 0 Å². The highest BCUT2D eigenvalue weighted by atomic mass is 79.9. The van der Waals surface area contributed by atoms with E-state index in [1.165, 1.54) is 0 Å². The van der Waals surface area contributed by atoms with Crippen LogP contribution in [-0.2, 0) is 0 Å². The van der Waals surface area contributed by atoms with E-state index in [1.54, 1.807) is 19.3 Å². The minimum Gasteiger partial charge on any atom is -0.396 e. The molecule has 4 N–H and O–H groups in total. The zero-order valence-electron chi connectivity index (χ0n) is 13.5. The van der Waals surface area contributed by atoms with Gasteiger partial charge in [0.2, 0.25) is 0 Å². The van der Waals surface area contributed by atoms with Gasteiger partial charge in [0.25, 0.3) is 0 Å². The van der Waals surface area contributed by atoms with Gasteiger partial charge in [-0.1, -0.05) is 0 Å². The molecule has 0 radical (unpaired) electrons. The number of rotatable bonds is 1. The van der Waals surface area contributed by atoms with Crippen molar-refractivity contribution in [2.45, 2.75) is 19.5 Å². The number of nitrogens with two attached hydrogens (primary N) is 1. The fourth-order valence-corrected chi connectivity index (χ4v) is 2.81. The molecule has 1 aliphatic heterocycles. The smallest absolute Gasteiger partial charge is 0.153 e. The summed E-state index contributed by atoms with van der Waals surface area (Å²) in [5, 5.41) is 6.26. The molecule has 0 saturated carbocycles. The van der Waals surface area contributed by atoms with Crippen LogP contribution in [0.25, 0.3) is 0 Å². The molecule has 0 saturated heterocycles. The van der Waals surface area contributed by atoms with Crippen LogP contribution in [0.15, 0.2) is 33.5 Å². The molecule has 0 spiro atoms. The molecule has 0 aliphatic carbocycles. The highest BCUT2D eigenvalue weighted by molar-refractivity contribution is 9.10. The van der Waals surface area contributed by atoms with Gasteiger partial charge < -0.3 is 21.3 Å². The van der Waals surface area contributed by atoms with E-state index in [0.717, 1.165) is 20.5 Å². The first-order chi connectivity index (χ1) is 10.7. The van der Waals surface area contributed by atoms with Gasteiger partial charge in [-0.05, 0) is 57.8 Å². The molecular weight excluding hydrogens is 424 g/mol. The second-order valence-electron chi connectivity index (χ2n) is 5.61. The van der Waals surface area contributed by atoms with Crippen molar-refractivity contribution in [2.75, 3.05) is 35.4 Å². The van der Waals surface area contributed by atoms with Gasteiger partial charge in [0.1, 0.15) is 11.5 Å². The Morgan fingerprint density at radius 2 is 1.78 bits per heavy atom. The highest BCUT2D eigenvalue weighted by Crippen LogP contribution is 2.37. The van der Waals surface area contributed by atoms with Gasteiger partial charge in [-0.2, -0.15) is 0 Å². The fourth-order valence-electron chi connectivity index (χ4n) is 2.13. The number of halogens is 2. The van der Waals surface area contributed by atoms with E-state index in [4.69, 9.17) is 5.73 Å². The molecule has 0 unspecified atom stereocenters. The summed E-state index contributed by atoms with van der Waals surface area (Å²) in [5.41, 5.74) is 7.27. The first-order valence-electron chi connectivity index (χ1n) is 7.01. The number of aromatic nitrogens is 2. The van der Waals surface area contributed by atoms with Crippen LogP contribution in [0.2, 0.25) is 0 Å². The molecule has 0 fully saturated rings. The molecule has 2 aromatic heterocycles. The quantitative estimate of drug-likeness (QED) is 0.620. The Morgan fingerprint density at radius 1 is 1.17 bits per heavy atom. The largest absolute Gasteiger partial charge is 0.396 e. The number of pyridine rings is 2. The fraction of sp³-hybridized carbons (Fsp3) is 0.333. The Bertz CT molecular complexity index is 704. The molecule has 0 aromatic carbocycles. The molecule has 23 heavy (non-hydrogen) atoms. The Hall–Kier alpha value is -1.54. The lowest BCUT2D eigenvalue weighted by Gasteiger charge is -2.28. The van der Waals surface area contributed by atoms with Crippen molar-refractivity contribution in [3.63, 3.8) is 0 Å². The molecule has 0 amide bonds. The third-order valence-corrected chi connectivity index (χ3v) is 4.42. The van der Waals surface area contributed by atoms with E-state index in [1.807, 2.05) is 19.3 Å². The van der Waals surface area contributed by atoms with Crippen LogP contribution < -0.4 is 21.3 Å². The van der Waals surface area contributed by atoms with E-state index >= 15 is 0 Å². The summed E-state index contributed by atoms with van der Waals surface area (Å²) in [7, 11) is 3.83. The lowest BCUT2D eigenvalue weighted by Crippen LogP contribution is -2.42. The van der Waals surface area contributed by atoms with Gasteiger partial charge >= 0.3 is 0 Å². The zero-order chi connectivity index (χ0) is 17.2. The van der Waals surface area contributed by atoms with Crippen molar-refractivity contribution in [1.82, 2.24) is 9.97 Å². The molecular formula is C15H20Br2N6. The number of fused-ring (bicyclic) bond motifs is 1. The summed E-state index contributed by atoms with van der Waals surface area (Å²) >= 11 is 6.66.